The first-order valence-corrected chi connectivity index (χ1v) is 14.9. The van der Waals surface area contributed by atoms with Gasteiger partial charge in [-0.3, -0.25) is 9.59 Å². The summed E-state index contributed by atoms with van der Waals surface area (Å²) < 4.78 is 14.9. The maximum Gasteiger partial charge on any atom is 0.266 e. The van der Waals surface area contributed by atoms with Gasteiger partial charge in [-0.15, -0.1) is 0 Å². The molecule has 0 unspecified atom stereocenters. The summed E-state index contributed by atoms with van der Waals surface area (Å²) in [6, 6.07) is 26.8. The Kier molecular flexibility index (Phi) is 6.21. The fraction of sp³-hybridized carbons (Fsp3) is 0.167. The summed E-state index contributed by atoms with van der Waals surface area (Å²) in [6.45, 7) is 8.33. The summed E-state index contributed by atoms with van der Waals surface area (Å²) in [5.74, 6) is 1.37. The number of nitrogens with zero attached hydrogens (tertiary/aromatic N) is 1. The van der Waals surface area contributed by atoms with Crippen molar-refractivity contribution in [3.63, 3.8) is 0 Å². The minimum atomic E-state index is -0.376. The Morgan fingerprint density at radius 3 is 1.98 bits per heavy atom. The first-order valence-electron chi connectivity index (χ1n) is 14.1. The Labute approximate surface area is 250 Å². The molecule has 0 aliphatic rings. The van der Waals surface area contributed by atoms with Gasteiger partial charge in [0.05, 0.1) is 20.9 Å². The van der Waals surface area contributed by atoms with E-state index in [1.54, 1.807) is 12.1 Å². The van der Waals surface area contributed by atoms with Gasteiger partial charge in [0, 0.05) is 21.5 Å². The normalized spacial score (nSPS) is 12.1. The predicted octanol–water partition coefficient (Wildman–Crippen LogP) is 9.64. The number of benzene rings is 5. The molecule has 5 nitrogen and oxygen atoms in total. The van der Waals surface area contributed by atoms with Gasteiger partial charge in [-0.2, -0.15) is 0 Å². The third kappa shape index (κ3) is 3.89. The predicted molar refractivity (Wildman–Crippen MR) is 174 cm³/mol. The van der Waals surface area contributed by atoms with Crippen LogP contribution in [-0.2, 0) is 0 Å². The molecule has 0 atom stereocenters. The molecule has 42 heavy (non-hydrogen) atoms. The maximum atomic E-state index is 14.6. The van der Waals surface area contributed by atoms with Gasteiger partial charge < -0.3 is 9.15 Å². The third-order valence-electron chi connectivity index (χ3n) is 8.05. The molecule has 0 radical (unpaired) electrons. The fourth-order valence-electron chi connectivity index (χ4n) is 6.13. The van der Waals surface area contributed by atoms with Crippen molar-refractivity contribution in [2.24, 2.45) is 0 Å². The van der Waals surface area contributed by atoms with Crippen molar-refractivity contribution in [3.8, 4) is 17.2 Å². The highest BCUT2D eigenvalue weighted by Crippen LogP contribution is 2.46. The number of hydrogen-bond acceptors (Lipinski definition) is 4. The lowest BCUT2D eigenvalue weighted by molar-refractivity contribution is 0.489. The zero-order chi connectivity index (χ0) is 29.3. The van der Waals surface area contributed by atoms with E-state index in [0.29, 0.717) is 54.4 Å². The van der Waals surface area contributed by atoms with Gasteiger partial charge >= 0.3 is 0 Å². The summed E-state index contributed by atoms with van der Waals surface area (Å²) in [5, 5.41) is 3.73. The second kappa shape index (κ2) is 9.85. The van der Waals surface area contributed by atoms with Crippen LogP contribution in [0, 0.1) is 0 Å². The summed E-state index contributed by atoms with van der Waals surface area (Å²) >= 11 is 3.70. The van der Waals surface area contributed by atoms with Gasteiger partial charge in [0.1, 0.15) is 22.7 Å². The third-order valence-corrected chi connectivity index (χ3v) is 8.64. The summed E-state index contributed by atoms with van der Waals surface area (Å²) in [5.41, 5.74) is 3.08. The van der Waals surface area contributed by atoms with Gasteiger partial charge in [-0.05, 0) is 69.2 Å². The molecule has 0 saturated carbocycles. The van der Waals surface area contributed by atoms with E-state index in [-0.39, 0.29) is 23.0 Å². The van der Waals surface area contributed by atoms with Crippen LogP contribution < -0.4 is 15.9 Å². The molecule has 2 heterocycles. The molecule has 0 aliphatic carbocycles. The lowest BCUT2D eigenvalue weighted by atomic mass is 9.91. The number of halogens is 1. The number of fused-ring (bicyclic) bond motifs is 2. The summed E-state index contributed by atoms with van der Waals surface area (Å²) in [7, 11) is 0. The van der Waals surface area contributed by atoms with Gasteiger partial charge in [-0.1, -0.05) is 82.3 Å². The van der Waals surface area contributed by atoms with E-state index in [0.717, 1.165) is 21.9 Å². The molecule has 0 bridgehead atoms. The first-order chi connectivity index (χ1) is 20.3. The lowest BCUT2D eigenvalue weighted by Gasteiger charge is -2.22. The summed E-state index contributed by atoms with van der Waals surface area (Å²) in [6.07, 6.45) is 0. The van der Waals surface area contributed by atoms with Crippen LogP contribution in [0.25, 0.3) is 49.2 Å². The zero-order valence-corrected chi connectivity index (χ0v) is 25.3. The molecule has 0 saturated heterocycles. The van der Waals surface area contributed by atoms with Crippen LogP contribution in [0.5, 0.6) is 11.5 Å². The number of para-hydroxylation sites is 3. The number of rotatable bonds is 5. The Hall–Kier alpha value is -4.42. The maximum absolute atomic E-state index is 14.6. The monoisotopic (exact) mass is 617 g/mol. The Balaban J connectivity index is 1.72. The molecular formula is C36H28BrNO4. The van der Waals surface area contributed by atoms with Crippen LogP contribution in [0.4, 0.5) is 0 Å². The van der Waals surface area contributed by atoms with Crippen molar-refractivity contribution in [3.05, 3.63) is 121 Å². The Bertz CT molecular complexity index is 2250. The van der Waals surface area contributed by atoms with Crippen molar-refractivity contribution in [2.45, 2.75) is 39.5 Å². The van der Waals surface area contributed by atoms with E-state index >= 15 is 0 Å². The van der Waals surface area contributed by atoms with Crippen LogP contribution in [0.2, 0.25) is 0 Å². The van der Waals surface area contributed by atoms with E-state index in [9.17, 15) is 9.59 Å². The van der Waals surface area contributed by atoms with Gasteiger partial charge in [0.2, 0.25) is 0 Å². The first kappa shape index (κ1) is 26.5. The van der Waals surface area contributed by atoms with Gasteiger partial charge in [-0.25, -0.2) is 4.57 Å². The molecule has 6 heteroatoms. The molecular weight excluding hydrogens is 590 g/mol. The minimum Gasteiger partial charge on any atom is -0.457 e. The topological polar surface area (TPSA) is 61.4 Å². The molecule has 0 fully saturated rings. The van der Waals surface area contributed by atoms with Crippen LogP contribution in [0.1, 0.15) is 50.7 Å². The van der Waals surface area contributed by atoms with Gasteiger partial charge in [0.25, 0.3) is 11.1 Å². The average Bonchev–Trinajstić information content (AvgIpc) is 2.98. The lowest BCUT2D eigenvalue weighted by Crippen LogP contribution is -2.34. The van der Waals surface area contributed by atoms with Crippen molar-refractivity contribution in [1.82, 2.24) is 4.57 Å². The highest BCUT2D eigenvalue weighted by molar-refractivity contribution is 9.10. The number of pyridine rings is 1. The van der Waals surface area contributed by atoms with Crippen LogP contribution in [0.15, 0.2) is 103 Å². The Morgan fingerprint density at radius 2 is 1.31 bits per heavy atom. The van der Waals surface area contributed by atoms with E-state index < -0.39 is 0 Å². The molecule has 208 valence electrons. The highest BCUT2D eigenvalue weighted by Gasteiger charge is 2.27. The second-order valence-corrected chi connectivity index (χ2v) is 12.2. The molecule has 7 rings (SSSR count). The van der Waals surface area contributed by atoms with E-state index in [1.807, 2.05) is 72.8 Å². The average molecular weight is 619 g/mol. The van der Waals surface area contributed by atoms with E-state index in [2.05, 4.69) is 43.6 Å². The molecule has 7 aromatic rings. The van der Waals surface area contributed by atoms with Crippen molar-refractivity contribution >= 4 is 59.4 Å². The number of ether oxygens (including phenoxy) is 1. The smallest absolute Gasteiger partial charge is 0.266 e. The Morgan fingerprint density at radius 1 is 0.690 bits per heavy atom. The molecule has 2 aromatic heterocycles. The number of aromatic nitrogens is 1. The van der Waals surface area contributed by atoms with E-state index in [1.165, 1.54) is 4.57 Å². The largest absolute Gasteiger partial charge is 0.457 e. The standard InChI is InChI=1S/C36H28BrNO4/c1-19(2)22-14-10-15-23(20(3)4)33(22)38-35(39)25-17-27(37)34-32-30(25)26(36(38)40)18-29(41-21-11-6-5-7-12-21)31(32)24-13-8-9-16-28(24)42-34/h5-20H,1-4H3. The molecule has 0 amide bonds. The van der Waals surface area contributed by atoms with Crippen LogP contribution >= 0.6 is 15.9 Å². The second-order valence-electron chi connectivity index (χ2n) is 11.3. The van der Waals surface area contributed by atoms with Gasteiger partial charge in [0.15, 0.2) is 0 Å². The number of hydrogen-bond donors (Lipinski definition) is 0. The highest BCUT2D eigenvalue weighted by atomic mass is 79.9. The van der Waals surface area contributed by atoms with Crippen LogP contribution in [0.3, 0.4) is 0 Å². The SMILES string of the molecule is CC(C)c1cccc(C(C)C)c1-n1c(=O)c2cc(Br)c3oc4ccccc4c4c(Oc5ccccc5)cc(c1=O)c2c34. The fourth-order valence-corrected chi connectivity index (χ4v) is 6.64. The van der Waals surface area contributed by atoms with Crippen molar-refractivity contribution < 1.29 is 9.15 Å². The quantitative estimate of drug-likeness (QED) is 0.142. The van der Waals surface area contributed by atoms with E-state index in [4.69, 9.17) is 9.15 Å². The molecule has 5 aromatic carbocycles. The van der Waals surface area contributed by atoms with Crippen molar-refractivity contribution in [2.75, 3.05) is 0 Å². The summed E-state index contributed by atoms with van der Waals surface area (Å²) in [4.78, 5) is 29.1. The zero-order valence-electron chi connectivity index (χ0n) is 23.7. The molecule has 0 spiro atoms. The van der Waals surface area contributed by atoms with Crippen LogP contribution in [-0.4, -0.2) is 4.57 Å². The minimum absolute atomic E-state index is 0.102. The van der Waals surface area contributed by atoms with Crippen molar-refractivity contribution in [1.29, 1.82) is 0 Å². The molecule has 0 aliphatic heterocycles. The molecule has 0 N–H and O–H groups in total.